The predicted molar refractivity (Wildman–Crippen MR) is 138 cm³/mol. The molecule has 0 N–H and O–H groups in total. The van der Waals surface area contributed by atoms with E-state index >= 15 is 0 Å². The number of aryl methyl sites for hydroxylation is 2. The molecule has 0 aromatic carbocycles. The van der Waals surface area contributed by atoms with Crippen molar-refractivity contribution in [2.75, 3.05) is 0 Å². The summed E-state index contributed by atoms with van der Waals surface area (Å²) in [4.78, 5) is 0. The highest BCUT2D eigenvalue weighted by molar-refractivity contribution is 4.84. The molecule has 2 nitrogen and oxygen atoms in total. The van der Waals surface area contributed by atoms with Crippen LogP contribution in [0.25, 0.3) is 0 Å². The number of hydrogen-bond donors (Lipinski definition) is 0. The smallest absolute Gasteiger partial charge is 0.234 e. The van der Waals surface area contributed by atoms with Gasteiger partial charge in [-0.25, -0.2) is 9.13 Å². The molecule has 0 saturated carbocycles. The molecule has 0 aliphatic carbocycles. The van der Waals surface area contributed by atoms with Crippen molar-refractivity contribution in [1.29, 1.82) is 0 Å². The number of rotatable bonds is 23. The van der Waals surface area contributed by atoms with E-state index in [0.29, 0.717) is 0 Å². The lowest BCUT2D eigenvalue weighted by molar-refractivity contribution is -0.704. The Morgan fingerprint density at radius 3 is 1.48 bits per heavy atom. The Morgan fingerprint density at radius 2 is 1.00 bits per heavy atom. The lowest BCUT2D eigenvalue weighted by atomic mass is 10.0. The molecule has 0 bridgehead atoms. The quantitative estimate of drug-likeness (QED) is 0.120. The van der Waals surface area contributed by atoms with Crippen LogP contribution in [0.3, 0.4) is 0 Å². The summed E-state index contributed by atoms with van der Waals surface area (Å²) < 4.78 is 5.06. The number of unbranched alkanes of at least 4 members (excludes halogenated alkanes) is 17. The van der Waals surface area contributed by atoms with Crippen LogP contribution >= 0.6 is 0 Å². The Morgan fingerprint density at radius 1 is 0.548 bits per heavy atom. The van der Waals surface area contributed by atoms with Crippen molar-refractivity contribution in [1.82, 2.24) is 4.57 Å². The molecule has 1 aromatic rings. The van der Waals surface area contributed by atoms with Crippen molar-refractivity contribution < 1.29 is 4.57 Å². The standard InChI is InChI=1S/C29H57N2/c1-4-7-9-10-11-12-13-14-15-16-17-18-19-20-21-23-26-31-28-27-30(25-22-8-5-2)29(31)24-6-3/h27-28H,4-26H2,1-3H3/q+1. The van der Waals surface area contributed by atoms with Crippen LogP contribution in [0.2, 0.25) is 0 Å². The highest BCUT2D eigenvalue weighted by Crippen LogP contribution is 2.14. The Bertz CT molecular complexity index is 491. The molecule has 0 spiro atoms. The Labute approximate surface area is 196 Å². The van der Waals surface area contributed by atoms with Crippen LogP contribution in [0.1, 0.15) is 155 Å². The molecule has 1 aromatic heterocycles. The minimum Gasteiger partial charge on any atom is -0.234 e. The second-order valence-electron chi connectivity index (χ2n) is 9.86. The van der Waals surface area contributed by atoms with Crippen molar-refractivity contribution in [3.8, 4) is 0 Å². The molecule has 0 radical (unpaired) electrons. The topological polar surface area (TPSA) is 8.81 Å². The van der Waals surface area contributed by atoms with E-state index in [1.807, 2.05) is 0 Å². The van der Waals surface area contributed by atoms with Gasteiger partial charge in [-0.05, 0) is 32.1 Å². The molecule has 182 valence electrons. The molecule has 0 saturated heterocycles. The summed E-state index contributed by atoms with van der Waals surface area (Å²) in [7, 11) is 0. The third kappa shape index (κ3) is 14.8. The summed E-state index contributed by atoms with van der Waals surface area (Å²) in [5.74, 6) is 1.56. The largest absolute Gasteiger partial charge is 0.256 e. The zero-order valence-corrected chi connectivity index (χ0v) is 21.8. The summed E-state index contributed by atoms with van der Waals surface area (Å²) in [6, 6.07) is 0. The first-order valence-electron chi connectivity index (χ1n) is 14.4. The molecule has 0 amide bonds. The van der Waals surface area contributed by atoms with E-state index in [-0.39, 0.29) is 0 Å². The minimum absolute atomic E-state index is 1.20. The van der Waals surface area contributed by atoms with Gasteiger partial charge in [0, 0.05) is 6.42 Å². The van der Waals surface area contributed by atoms with Crippen LogP contribution in [-0.4, -0.2) is 4.57 Å². The summed E-state index contributed by atoms with van der Waals surface area (Å²) >= 11 is 0. The zero-order chi connectivity index (χ0) is 22.4. The van der Waals surface area contributed by atoms with Crippen molar-refractivity contribution in [3.63, 3.8) is 0 Å². The molecular formula is C29H57N2+. The third-order valence-electron chi connectivity index (χ3n) is 6.82. The molecule has 1 rings (SSSR count). The van der Waals surface area contributed by atoms with Gasteiger partial charge in [0.25, 0.3) is 5.82 Å². The Hall–Kier alpha value is -0.790. The average molecular weight is 434 g/mol. The van der Waals surface area contributed by atoms with E-state index in [0.717, 1.165) is 0 Å². The van der Waals surface area contributed by atoms with Crippen molar-refractivity contribution in [2.24, 2.45) is 0 Å². The molecular weight excluding hydrogens is 376 g/mol. The number of imidazole rings is 1. The van der Waals surface area contributed by atoms with E-state index in [1.165, 1.54) is 148 Å². The summed E-state index contributed by atoms with van der Waals surface area (Å²) in [5.41, 5.74) is 0. The molecule has 0 fully saturated rings. The second kappa shape index (κ2) is 21.1. The van der Waals surface area contributed by atoms with Crippen molar-refractivity contribution in [3.05, 3.63) is 18.2 Å². The molecule has 1 heterocycles. The van der Waals surface area contributed by atoms with Gasteiger partial charge >= 0.3 is 0 Å². The van der Waals surface area contributed by atoms with Gasteiger partial charge in [0.05, 0.1) is 13.1 Å². The van der Waals surface area contributed by atoms with Crippen LogP contribution in [0, 0.1) is 0 Å². The third-order valence-corrected chi connectivity index (χ3v) is 6.82. The maximum atomic E-state index is 2.54. The summed E-state index contributed by atoms with van der Waals surface area (Å²) in [6.07, 6.45) is 34.2. The molecule has 2 heteroatoms. The monoisotopic (exact) mass is 433 g/mol. The fourth-order valence-corrected chi connectivity index (χ4v) is 4.78. The normalized spacial score (nSPS) is 11.5. The van der Waals surface area contributed by atoms with Crippen LogP contribution in [-0.2, 0) is 19.5 Å². The van der Waals surface area contributed by atoms with Gasteiger partial charge in [-0.15, -0.1) is 0 Å². The highest BCUT2D eigenvalue weighted by atomic mass is 15.1. The maximum absolute atomic E-state index is 2.54. The highest BCUT2D eigenvalue weighted by Gasteiger charge is 2.15. The maximum Gasteiger partial charge on any atom is 0.256 e. The predicted octanol–water partition coefficient (Wildman–Crippen LogP) is 9.18. The van der Waals surface area contributed by atoms with Crippen LogP contribution in [0.5, 0.6) is 0 Å². The van der Waals surface area contributed by atoms with Gasteiger partial charge in [0.1, 0.15) is 12.4 Å². The Kier molecular flexibility index (Phi) is 19.2. The number of nitrogens with zero attached hydrogens (tertiary/aromatic N) is 2. The van der Waals surface area contributed by atoms with E-state index < -0.39 is 0 Å². The van der Waals surface area contributed by atoms with Crippen molar-refractivity contribution >= 4 is 0 Å². The number of aromatic nitrogens is 2. The van der Waals surface area contributed by atoms with E-state index in [1.54, 1.807) is 5.82 Å². The summed E-state index contributed by atoms with van der Waals surface area (Å²) in [6.45, 7) is 9.32. The van der Waals surface area contributed by atoms with Gasteiger partial charge in [0.15, 0.2) is 0 Å². The van der Waals surface area contributed by atoms with Gasteiger partial charge in [-0.2, -0.15) is 0 Å². The van der Waals surface area contributed by atoms with Gasteiger partial charge < -0.3 is 0 Å². The SMILES string of the molecule is CCCCCCCCCCCCCCCCCC[n+]1ccn(CCCCC)c1CCC. The second-order valence-corrected chi connectivity index (χ2v) is 9.86. The molecule has 0 aliphatic heterocycles. The molecule has 0 atom stereocenters. The van der Waals surface area contributed by atoms with Crippen LogP contribution in [0.4, 0.5) is 0 Å². The molecule has 0 unspecified atom stereocenters. The first-order chi connectivity index (χ1) is 15.3. The van der Waals surface area contributed by atoms with E-state index in [2.05, 4.69) is 42.3 Å². The van der Waals surface area contributed by atoms with E-state index in [4.69, 9.17) is 0 Å². The number of hydrogen-bond acceptors (Lipinski definition) is 0. The zero-order valence-electron chi connectivity index (χ0n) is 21.8. The van der Waals surface area contributed by atoms with Crippen LogP contribution in [0.15, 0.2) is 12.4 Å². The van der Waals surface area contributed by atoms with Gasteiger partial charge in [-0.1, -0.05) is 117 Å². The fraction of sp³-hybridized carbons (Fsp3) is 0.897. The van der Waals surface area contributed by atoms with Gasteiger partial charge in [0.2, 0.25) is 0 Å². The average Bonchev–Trinajstić information content (AvgIpc) is 3.15. The minimum atomic E-state index is 1.20. The fourth-order valence-electron chi connectivity index (χ4n) is 4.78. The van der Waals surface area contributed by atoms with E-state index in [9.17, 15) is 0 Å². The molecule has 0 aliphatic rings. The molecule has 31 heavy (non-hydrogen) atoms. The Balaban J connectivity index is 1.97. The van der Waals surface area contributed by atoms with Gasteiger partial charge in [-0.3, -0.25) is 0 Å². The lowest BCUT2D eigenvalue weighted by Crippen LogP contribution is -2.37. The first kappa shape index (κ1) is 28.2. The first-order valence-corrected chi connectivity index (χ1v) is 14.4. The lowest BCUT2D eigenvalue weighted by Gasteiger charge is -2.05. The summed E-state index contributed by atoms with van der Waals surface area (Å²) in [5, 5.41) is 0. The van der Waals surface area contributed by atoms with Crippen LogP contribution < -0.4 is 4.57 Å². The van der Waals surface area contributed by atoms with Crippen molar-refractivity contribution in [2.45, 2.75) is 169 Å².